The highest BCUT2D eigenvalue weighted by Crippen LogP contribution is 2.27. The molecule has 4 nitrogen and oxygen atoms in total. The van der Waals surface area contributed by atoms with E-state index in [0.717, 1.165) is 5.56 Å². The lowest BCUT2D eigenvalue weighted by molar-refractivity contribution is -0.140. The average molecular weight is 209 g/mol. The minimum Gasteiger partial charge on any atom is -0.508 e. The van der Waals surface area contributed by atoms with Crippen molar-refractivity contribution in [3.05, 3.63) is 23.8 Å². The Kier molecular flexibility index (Phi) is 3.55. The zero-order chi connectivity index (χ0) is 11.4. The van der Waals surface area contributed by atoms with Crippen LogP contribution in [0.3, 0.4) is 0 Å². The van der Waals surface area contributed by atoms with Crippen molar-refractivity contribution in [2.75, 3.05) is 12.8 Å². The number of benzene rings is 1. The van der Waals surface area contributed by atoms with Gasteiger partial charge in [-0.25, -0.2) is 0 Å². The second-order valence-electron chi connectivity index (χ2n) is 3.49. The van der Waals surface area contributed by atoms with Gasteiger partial charge in [0.1, 0.15) is 5.75 Å². The lowest BCUT2D eigenvalue weighted by atomic mass is 9.96. The van der Waals surface area contributed by atoms with E-state index in [1.165, 1.54) is 13.2 Å². The van der Waals surface area contributed by atoms with Gasteiger partial charge >= 0.3 is 5.97 Å². The molecule has 4 heteroatoms. The molecule has 1 atom stereocenters. The number of hydrogen-bond acceptors (Lipinski definition) is 4. The molecule has 0 aliphatic rings. The van der Waals surface area contributed by atoms with Gasteiger partial charge in [0.25, 0.3) is 0 Å². The Morgan fingerprint density at radius 3 is 2.80 bits per heavy atom. The number of rotatable bonds is 3. The molecule has 3 N–H and O–H groups in total. The summed E-state index contributed by atoms with van der Waals surface area (Å²) in [5.41, 5.74) is 7.06. The number of phenolic OH excluding ortho intramolecular Hbond substituents is 1. The molecule has 15 heavy (non-hydrogen) atoms. The molecule has 0 saturated carbocycles. The molecule has 1 aromatic carbocycles. The Labute approximate surface area is 88.7 Å². The predicted octanol–water partition coefficient (Wildman–Crippen LogP) is 1.64. The van der Waals surface area contributed by atoms with Gasteiger partial charge < -0.3 is 15.6 Å². The largest absolute Gasteiger partial charge is 0.508 e. The van der Waals surface area contributed by atoms with E-state index in [1.807, 2.05) is 6.92 Å². The van der Waals surface area contributed by atoms with E-state index in [2.05, 4.69) is 4.74 Å². The molecule has 0 fully saturated rings. The SMILES string of the molecule is COC(=O)CC(C)c1ccc(O)cc1N. The maximum atomic E-state index is 11.1. The van der Waals surface area contributed by atoms with E-state index in [0.29, 0.717) is 5.69 Å². The first kappa shape index (κ1) is 11.4. The summed E-state index contributed by atoms with van der Waals surface area (Å²) in [6.45, 7) is 1.89. The van der Waals surface area contributed by atoms with Gasteiger partial charge in [-0.2, -0.15) is 0 Å². The third-order valence-electron chi connectivity index (χ3n) is 2.30. The van der Waals surface area contributed by atoms with Gasteiger partial charge in [0.15, 0.2) is 0 Å². The second-order valence-corrected chi connectivity index (χ2v) is 3.49. The van der Waals surface area contributed by atoms with Gasteiger partial charge in [0.05, 0.1) is 13.5 Å². The molecule has 0 spiro atoms. The zero-order valence-electron chi connectivity index (χ0n) is 8.86. The molecule has 0 aliphatic carbocycles. The van der Waals surface area contributed by atoms with E-state index >= 15 is 0 Å². The molecule has 0 radical (unpaired) electrons. The monoisotopic (exact) mass is 209 g/mol. The molecule has 0 amide bonds. The zero-order valence-corrected chi connectivity index (χ0v) is 8.86. The normalized spacial score (nSPS) is 12.1. The first-order valence-corrected chi connectivity index (χ1v) is 4.69. The molecule has 82 valence electrons. The number of phenols is 1. The summed E-state index contributed by atoms with van der Waals surface area (Å²) in [6, 6.07) is 4.75. The summed E-state index contributed by atoms with van der Waals surface area (Å²) in [5, 5.41) is 9.18. The standard InChI is InChI=1S/C11H15NO3/c1-7(5-11(14)15-2)9-4-3-8(13)6-10(9)12/h3-4,6-7,13H,5,12H2,1-2H3. The maximum Gasteiger partial charge on any atom is 0.306 e. The Hall–Kier alpha value is -1.71. The number of carbonyl (C=O) groups is 1. The fourth-order valence-electron chi connectivity index (χ4n) is 1.45. The van der Waals surface area contributed by atoms with Crippen molar-refractivity contribution in [2.24, 2.45) is 0 Å². The van der Waals surface area contributed by atoms with Crippen molar-refractivity contribution >= 4 is 11.7 Å². The number of carbonyl (C=O) groups excluding carboxylic acids is 1. The molecule has 1 aromatic rings. The van der Waals surface area contributed by atoms with Crippen LogP contribution in [0.2, 0.25) is 0 Å². The highest BCUT2D eigenvalue weighted by atomic mass is 16.5. The van der Waals surface area contributed by atoms with Crippen molar-refractivity contribution in [1.82, 2.24) is 0 Å². The molecular weight excluding hydrogens is 194 g/mol. The summed E-state index contributed by atoms with van der Waals surface area (Å²) < 4.78 is 4.58. The highest BCUT2D eigenvalue weighted by molar-refractivity contribution is 5.71. The summed E-state index contributed by atoms with van der Waals surface area (Å²) in [7, 11) is 1.36. The van der Waals surface area contributed by atoms with Crippen LogP contribution in [0.5, 0.6) is 5.75 Å². The van der Waals surface area contributed by atoms with Crippen LogP contribution in [0.25, 0.3) is 0 Å². The number of ether oxygens (including phenoxy) is 1. The molecule has 0 saturated heterocycles. The van der Waals surface area contributed by atoms with E-state index < -0.39 is 0 Å². The number of nitrogen functional groups attached to an aromatic ring is 1. The van der Waals surface area contributed by atoms with E-state index in [9.17, 15) is 9.90 Å². The predicted molar refractivity (Wildman–Crippen MR) is 57.6 cm³/mol. The first-order chi connectivity index (χ1) is 7.04. The third kappa shape index (κ3) is 2.87. The Morgan fingerprint density at radius 1 is 1.60 bits per heavy atom. The van der Waals surface area contributed by atoms with Crippen LogP contribution in [0.15, 0.2) is 18.2 Å². The number of anilines is 1. The van der Waals surface area contributed by atoms with Crippen LogP contribution in [0.4, 0.5) is 5.69 Å². The van der Waals surface area contributed by atoms with E-state index in [-0.39, 0.29) is 24.1 Å². The van der Waals surface area contributed by atoms with Crippen LogP contribution in [0, 0.1) is 0 Å². The minimum absolute atomic E-state index is 0.0157. The van der Waals surface area contributed by atoms with E-state index in [1.54, 1.807) is 12.1 Å². The lowest BCUT2D eigenvalue weighted by Gasteiger charge is -2.13. The second kappa shape index (κ2) is 4.68. The number of methoxy groups -OCH3 is 1. The van der Waals surface area contributed by atoms with Gasteiger partial charge in [0.2, 0.25) is 0 Å². The highest BCUT2D eigenvalue weighted by Gasteiger charge is 2.14. The van der Waals surface area contributed by atoms with Gasteiger partial charge in [-0.1, -0.05) is 13.0 Å². The van der Waals surface area contributed by atoms with Gasteiger partial charge in [0, 0.05) is 11.8 Å². The molecule has 0 bridgehead atoms. The quantitative estimate of drug-likeness (QED) is 0.586. The van der Waals surface area contributed by atoms with Crippen molar-refractivity contribution in [2.45, 2.75) is 19.3 Å². The summed E-state index contributed by atoms with van der Waals surface area (Å²) >= 11 is 0. The number of aromatic hydroxyl groups is 1. The number of hydrogen-bond donors (Lipinski definition) is 2. The Balaban J connectivity index is 2.82. The molecule has 0 aliphatic heterocycles. The average Bonchev–Trinajstić information content (AvgIpc) is 2.17. The first-order valence-electron chi connectivity index (χ1n) is 4.69. The fourth-order valence-corrected chi connectivity index (χ4v) is 1.45. The minimum atomic E-state index is -0.269. The van der Waals surface area contributed by atoms with E-state index in [4.69, 9.17) is 5.73 Å². The van der Waals surface area contributed by atoms with Crippen LogP contribution in [0.1, 0.15) is 24.8 Å². The molecule has 1 rings (SSSR count). The third-order valence-corrected chi connectivity index (χ3v) is 2.30. The smallest absolute Gasteiger partial charge is 0.306 e. The van der Waals surface area contributed by atoms with Crippen LogP contribution >= 0.6 is 0 Å². The molecular formula is C11H15NO3. The summed E-state index contributed by atoms with van der Waals surface area (Å²) in [6.07, 6.45) is 0.283. The van der Waals surface area contributed by atoms with Crippen molar-refractivity contribution in [3.63, 3.8) is 0 Å². The van der Waals surface area contributed by atoms with Crippen LogP contribution in [-0.4, -0.2) is 18.2 Å². The molecule has 0 aromatic heterocycles. The van der Waals surface area contributed by atoms with Crippen molar-refractivity contribution in [3.8, 4) is 5.75 Å². The fraction of sp³-hybridized carbons (Fsp3) is 0.364. The Morgan fingerprint density at radius 2 is 2.27 bits per heavy atom. The van der Waals surface area contributed by atoms with Crippen LogP contribution < -0.4 is 5.73 Å². The maximum absolute atomic E-state index is 11.1. The number of esters is 1. The topological polar surface area (TPSA) is 72.5 Å². The lowest BCUT2D eigenvalue weighted by Crippen LogP contribution is -2.07. The van der Waals surface area contributed by atoms with Crippen LogP contribution in [-0.2, 0) is 9.53 Å². The molecule has 0 heterocycles. The van der Waals surface area contributed by atoms with Gasteiger partial charge in [-0.3, -0.25) is 4.79 Å². The van der Waals surface area contributed by atoms with Gasteiger partial charge in [-0.05, 0) is 17.5 Å². The van der Waals surface area contributed by atoms with Crippen molar-refractivity contribution < 1.29 is 14.6 Å². The molecule has 1 unspecified atom stereocenters. The summed E-state index contributed by atoms with van der Waals surface area (Å²) in [5.74, 6) is -0.158. The Bertz CT molecular complexity index is 363. The number of nitrogens with two attached hydrogens (primary N) is 1. The van der Waals surface area contributed by atoms with Crippen molar-refractivity contribution in [1.29, 1.82) is 0 Å². The summed E-state index contributed by atoms with van der Waals surface area (Å²) in [4.78, 5) is 11.1. The van der Waals surface area contributed by atoms with Gasteiger partial charge in [-0.15, -0.1) is 0 Å².